The van der Waals surface area contributed by atoms with Gasteiger partial charge in [-0.2, -0.15) is 0 Å². The Morgan fingerprint density at radius 3 is 2.41 bits per heavy atom. The first-order chi connectivity index (χ1) is 10.6. The van der Waals surface area contributed by atoms with Gasteiger partial charge in [-0.1, -0.05) is 0 Å². The standard InChI is InChI=1S/C14H19NO7/c1-3-19-9-13(20-4-2)10-21-14(16)22-12-7-5-11(6-8-12)15(17)18/h5-8,13H,3-4,9-10H2,1-2H3/t13-/m1/s1. The fourth-order valence-electron chi connectivity index (χ4n) is 1.55. The van der Waals surface area contributed by atoms with Gasteiger partial charge in [-0.25, -0.2) is 4.79 Å². The van der Waals surface area contributed by atoms with Crippen LogP contribution in [0.4, 0.5) is 10.5 Å². The van der Waals surface area contributed by atoms with Crippen molar-refractivity contribution in [3.8, 4) is 5.75 Å². The Labute approximate surface area is 128 Å². The SMILES string of the molecule is CCOC[C@H](COC(=O)Oc1ccc([N+](=O)[O-])cc1)OCC. The molecule has 0 radical (unpaired) electrons. The lowest BCUT2D eigenvalue weighted by Crippen LogP contribution is -2.28. The summed E-state index contributed by atoms with van der Waals surface area (Å²) < 4.78 is 20.4. The summed E-state index contributed by atoms with van der Waals surface area (Å²) in [5.41, 5.74) is -0.0890. The molecule has 0 fully saturated rings. The summed E-state index contributed by atoms with van der Waals surface area (Å²) >= 11 is 0. The summed E-state index contributed by atoms with van der Waals surface area (Å²) in [4.78, 5) is 21.5. The van der Waals surface area contributed by atoms with Crippen molar-refractivity contribution >= 4 is 11.8 Å². The molecule has 0 heterocycles. The molecule has 0 unspecified atom stereocenters. The Kier molecular flexibility index (Phi) is 7.87. The van der Waals surface area contributed by atoms with Crippen LogP contribution in [-0.2, 0) is 14.2 Å². The van der Waals surface area contributed by atoms with E-state index < -0.39 is 11.1 Å². The van der Waals surface area contributed by atoms with Gasteiger partial charge in [0, 0.05) is 25.3 Å². The minimum atomic E-state index is -0.907. The van der Waals surface area contributed by atoms with Crippen molar-refractivity contribution in [3.05, 3.63) is 34.4 Å². The first-order valence-electron chi connectivity index (χ1n) is 6.85. The van der Waals surface area contributed by atoms with Gasteiger partial charge in [0.2, 0.25) is 0 Å². The fraction of sp³-hybridized carbons (Fsp3) is 0.500. The molecular weight excluding hydrogens is 294 g/mol. The number of nitrogens with zero attached hydrogens (tertiary/aromatic N) is 1. The van der Waals surface area contributed by atoms with Crippen LogP contribution in [0.3, 0.4) is 0 Å². The minimum absolute atomic E-state index is 0.000343. The number of rotatable bonds is 9. The third kappa shape index (κ3) is 6.51. The van der Waals surface area contributed by atoms with Crippen molar-refractivity contribution in [1.82, 2.24) is 0 Å². The van der Waals surface area contributed by atoms with Gasteiger partial charge >= 0.3 is 6.16 Å². The number of benzene rings is 1. The van der Waals surface area contributed by atoms with Crippen molar-refractivity contribution in [3.63, 3.8) is 0 Å². The highest BCUT2D eigenvalue weighted by Crippen LogP contribution is 2.17. The predicted octanol–water partition coefficient (Wildman–Crippen LogP) is 2.55. The molecule has 1 atom stereocenters. The quantitative estimate of drug-likeness (QED) is 0.299. The van der Waals surface area contributed by atoms with E-state index in [1.807, 2.05) is 13.8 Å². The van der Waals surface area contributed by atoms with Gasteiger partial charge in [0.05, 0.1) is 11.5 Å². The van der Waals surface area contributed by atoms with Gasteiger partial charge in [-0.3, -0.25) is 10.1 Å². The molecule has 0 bridgehead atoms. The van der Waals surface area contributed by atoms with Crippen LogP contribution in [0, 0.1) is 10.1 Å². The molecule has 0 aliphatic carbocycles. The van der Waals surface area contributed by atoms with Gasteiger partial charge in [-0.15, -0.1) is 0 Å². The average molecular weight is 313 g/mol. The number of hydrogen-bond acceptors (Lipinski definition) is 7. The van der Waals surface area contributed by atoms with Gasteiger partial charge in [0.1, 0.15) is 18.5 Å². The van der Waals surface area contributed by atoms with Crippen molar-refractivity contribution in [2.24, 2.45) is 0 Å². The Morgan fingerprint density at radius 1 is 1.18 bits per heavy atom. The van der Waals surface area contributed by atoms with Gasteiger partial charge < -0.3 is 18.9 Å². The van der Waals surface area contributed by atoms with E-state index in [1.165, 1.54) is 24.3 Å². The van der Waals surface area contributed by atoms with Crippen LogP contribution < -0.4 is 4.74 Å². The highest BCUT2D eigenvalue weighted by Gasteiger charge is 2.14. The van der Waals surface area contributed by atoms with Crippen LogP contribution in [0.2, 0.25) is 0 Å². The topological polar surface area (TPSA) is 97.1 Å². The highest BCUT2D eigenvalue weighted by molar-refractivity contribution is 5.64. The Bertz CT molecular complexity index is 475. The second kappa shape index (κ2) is 9.69. The number of non-ortho nitro benzene ring substituents is 1. The van der Waals surface area contributed by atoms with Crippen molar-refractivity contribution in [2.75, 3.05) is 26.4 Å². The van der Waals surface area contributed by atoms with E-state index in [-0.39, 0.29) is 24.1 Å². The van der Waals surface area contributed by atoms with Crippen LogP contribution >= 0.6 is 0 Å². The molecule has 1 rings (SSSR count). The maximum Gasteiger partial charge on any atom is 0.513 e. The molecule has 22 heavy (non-hydrogen) atoms. The second-order valence-electron chi connectivity index (χ2n) is 4.15. The number of nitro benzene ring substituents is 1. The van der Waals surface area contributed by atoms with Crippen LogP contribution in [0.1, 0.15) is 13.8 Å². The van der Waals surface area contributed by atoms with Gasteiger partial charge in [0.15, 0.2) is 0 Å². The number of ether oxygens (including phenoxy) is 4. The monoisotopic (exact) mass is 313 g/mol. The third-order valence-corrected chi connectivity index (χ3v) is 2.55. The molecule has 0 aromatic heterocycles. The zero-order valence-electron chi connectivity index (χ0n) is 12.5. The largest absolute Gasteiger partial charge is 0.513 e. The van der Waals surface area contributed by atoms with Gasteiger partial charge in [0.25, 0.3) is 5.69 Å². The molecule has 122 valence electrons. The van der Waals surface area contributed by atoms with Crippen LogP contribution in [0.5, 0.6) is 5.75 Å². The van der Waals surface area contributed by atoms with E-state index >= 15 is 0 Å². The first kappa shape index (κ1) is 17.9. The molecule has 1 aromatic carbocycles. The Hall–Kier alpha value is -2.19. The zero-order valence-corrected chi connectivity index (χ0v) is 12.5. The first-order valence-corrected chi connectivity index (χ1v) is 6.85. The zero-order chi connectivity index (χ0) is 16.4. The lowest BCUT2D eigenvalue weighted by Gasteiger charge is -2.16. The van der Waals surface area contributed by atoms with E-state index in [2.05, 4.69) is 0 Å². The van der Waals surface area contributed by atoms with Crippen LogP contribution in [-0.4, -0.2) is 43.6 Å². The molecule has 0 N–H and O–H groups in total. The second-order valence-corrected chi connectivity index (χ2v) is 4.15. The number of carbonyl (C=O) groups excluding carboxylic acids is 1. The number of hydrogen-bond donors (Lipinski definition) is 0. The van der Waals surface area contributed by atoms with E-state index in [0.717, 1.165) is 0 Å². The molecule has 0 saturated heterocycles. The molecule has 8 heteroatoms. The van der Waals surface area contributed by atoms with E-state index in [4.69, 9.17) is 18.9 Å². The normalized spacial score (nSPS) is 11.7. The molecule has 8 nitrogen and oxygen atoms in total. The lowest BCUT2D eigenvalue weighted by atomic mass is 10.3. The molecule has 0 aliphatic heterocycles. The molecule has 0 saturated carbocycles. The summed E-state index contributed by atoms with van der Waals surface area (Å²) in [5.74, 6) is 0.161. The maximum atomic E-state index is 11.5. The molecule has 0 aliphatic rings. The predicted molar refractivity (Wildman–Crippen MR) is 77.0 cm³/mol. The van der Waals surface area contributed by atoms with Crippen LogP contribution in [0.25, 0.3) is 0 Å². The van der Waals surface area contributed by atoms with Crippen LogP contribution in [0.15, 0.2) is 24.3 Å². The Morgan fingerprint density at radius 2 is 1.86 bits per heavy atom. The molecular formula is C14H19NO7. The van der Waals surface area contributed by atoms with Crippen molar-refractivity contribution in [2.45, 2.75) is 20.0 Å². The lowest BCUT2D eigenvalue weighted by molar-refractivity contribution is -0.384. The van der Waals surface area contributed by atoms with Crippen molar-refractivity contribution < 1.29 is 28.7 Å². The summed E-state index contributed by atoms with van der Waals surface area (Å²) in [5, 5.41) is 10.5. The summed E-state index contributed by atoms with van der Waals surface area (Å²) in [6, 6.07) is 5.11. The van der Waals surface area contributed by atoms with E-state index in [9.17, 15) is 14.9 Å². The summed E-state index contributed by atoms with van der Waals surface area (Å²) in [6.45, 7) is 5.00. The fourth-order valence-corrected chi connectivity index (χ4v) is 1.55. The van der Waals surface area contributed by atoms with Gasteiger partial charge in [-0.05, 0) is 26.0 Å². The number of nitro groups is 1. The summed E-state index contributed by atoms with van der Waals surface area (Å²) in [6.07, 6.45) is -1.27. The minimum Gasteiger partial charge on any atom is -0.431 e. The third-order valence-electron chi connectivity index (χ3n) is 2.55. The molecule has 1 aromatic rings. The highest BCUT2D eigenvalue weighted by atomic mass is 16.7. The number of carbonyl (C=O) groups is 1. The summed E-state index contributed by atoms with van der Waals surface area (Å²) in [7, 11) is 0. The van der Waals surface area contributed by atoms with E-state index in [1.54, 1.807) is 0 Å². The molecule has 0 spiro atoms. The van der Waals surface area contributed by atoms with E-state index in [0.29, 0.717) is 19.8 Å². The average Bonchev–Trinajstić information content (AvgIpc) is 2.50. The maximum absolute atomic E-state index is 11.5. The van der Waals surface area contributed by atoms with Crippen molar-refractivity contribution in [1.29, 1.82) is 0 Å². The Balaban J connectivity index is 2.42. The molecule has 0 amide bonds. The smallest absolute Gasteiger partial charge is 0.431 e.